The molecule has 0 spiro atoms. The number of sulfone groups is 1. The Kier molecular flexibility index (Phi) is 5.11. The first-order valence-corrected chi connectivity index (χ1v) is 9.58. The van der Waals surface area contributed by atoms with E-state index >= 15 is 0 Å². The molecule has 1 N–H and O–H groups in total. The van der Waals surface area contributed by atoms with Gasteiger partial charge in [0.1, 0.15) is 15.7 Å². The molecule has 0 aromatic heterocycles. The molecule has 0 atom stereocenters. The fourth-order valence-electron chi connectivity index (χ4n) is 1.28. The SMILES string of the molecule is CS(=O)(=O)CCNC(=O)c1cc(S(=O)(=O)Cl)ccc1F. The smallest absolute Gasteiger partial charge is 0.261 e. The standard InChI is InChI=1S/C10H11ClFNO5S2/c1-19(15,16)5-4-13-10(14)8-6-7(20(11,17)18)2-3-9(8)12/h2-3,6H,4-5H2,1H3,(H,13,14). The van der Waals surface area contributed by atoms with Crippen molar-refractivity contribution in [2.75, 3.05) is 18.6 Å². The van der Waals surface area contributed by atoms with E-state index in [-0.39, 0.29) is 12.3 Å². The fourth-order valence-corrected chi connectivity index (χ4v) is 2.53. The molecule has 1 rings (SSSR count). The first kappa shape index (κ1) is 16.9. The molecular weight excluding hydrogens is 333 g/mol. The van der Waals surface area contributed by atoms with E-state index < -0.39 is 41.1 Å². The Morgan fingerprint density at radius 1 is 1.30 bits per heavy atom. The van der Waals surface area contributed by atoms with Gasteiger partial charge < -0.3 is 5.32 Å². The van der Waals surface area contributed by atoms with Crippen molar-refractivity contribution >= 4 is 35.5 Å². The maximum Gasteiger partial charge on any atom is 0.261 e. The van der Waals surface area contributed by atoms with E-state index in [9.17, 15) is 26.0 Å². The lowest BCUT2D eigenvalue weighted by Gasteiger charge is -2.06. The summed E-state index contributed by atoms with van der Waals surface area (Å²) in [5.74, 6) is -2.17. The average molecular weight is 344 g/mol. The highest BCUT2D eigenvalue weighted by Gasteiger charge is 2.17. The molecule has 0 saturated heterocycles. The van der Waals surface area contributed by atoms with Crippen LogP contribution in [-0.2, 0) is 18.9 Å². The number of hydrogen-bond acceptors (Lipinski definition) is 5. The van der Waals surface area contributed by atoms with E-state index in [0.717, 1.165) is 24.5 Å². The average Bonchev–Trinajstić information content (AvgIpc) is 2.25. The number of amides is 1. The van der Waals surface area contributed by atoms with Crippen LogP contribution in [0.1, 0.15) is 10.4 Å². The molecule has 0 bridgehead atoms. The van der Waals surface area contributed by atoms with Gasteiger partial charge >= 0.3 is 0 Å². The number of benzene rings is 1. The van der Waals surface area contributed by atoms with Gasteiger partial charge in [0.25, 0.3) is 15.0 Å². The summed E-state index contributed by atoms with van der Waals surface area (Å²) < 4.78 is 57.4. The largest absolute Gasteiger partial charge is 0.351 e. The molecule has 0 unspecified atom stereocenters. The van der Waals surface area contributed by atoms with Crippen LogP contribution >= 0.6 is 10.7 Å². The zero-order valence-electron chi connectivity index (χ0n) is 10.3. The second kappa shape index (κ2) is 6.06. The number of hydrogen-bond donors (Lipinski definition) is 1. The topological polar surface area (TPSA) is 97.4 Å². The Morgan fingerprint density at radius 2 is 1.90 bits per heavy atom. The van der Waals surface area contributed by atoms with Crippen molar-refractivity contribution in [1.82, 2.24) is 5.32 Å². The molecule has 0 radical (unpaired) electrons. The molecule has 20 heavy (non-hydrogen) atoms. The summed E-state index contributed by atoms with van der Waals surface area (Å²) in [5, 5.41) is 2.18. The van der Waals surface area contributed by atoms with Gasteiger partial charge in [-0.2, -0.15) is 0 Å². The van der Waals surface area contributed by atoms with Crippen LogP contribution in [-0.4, -0.2) is 41.3 Å². The highest BCUT2D eigenvalue weighted by atomic mass is 35.7. The molecule has 10 heteroatoms. The van der Waals surface area contributed by atoms with Gasteiger partial charge in [-0.1, -0.05) is 0 Å². The van der Waals surface area contributed by atoms with E-state index in [2.05, 4.69) is 5.32 Å². The predicted octanol–water partition coefficient (Wildman–Crippen LogP) is 0.528. The number of carbonyl (C=O) groups is 1. The number of halogens is 2. The lowest BCUT2D eigenvalue weighted by atomic mass is 10.2. The normalized spacial score (nSPS) is 12.2. The summed E-state index contributed by atoms with van der Waals surface area (Å²) >= 11 is 0. The van der Waals surface area contributed by atoms with Gasteiger partial charge in [0.05, 0.1) is 16.2 Å². The Balaban J connectivity index is 2.93. The van der Waals surface area contributed by atoms with Gasteiger partial charge in [0.15, 0.2) is 0 Å². The summed E-state index contributed by atoms with van der Waals surface area (Å²) in [4.78, 5) is 11.2. The number of rotatable bonds is 5. The van der Waals surface area contributed by atoms with E-state index in [4.69, 9.17) is 10.7 Å². The minimum Gasteiger partial charge on any atom is -0.351 e. The highest BCUT2D eigenvalue weighted by molar-refractivity contribution is 8.13. The van der Waals surface area contributed by atoms with Crippen LogP contribution in [0.5, 0.6) is 0 Å². The Morgan fingerprint density at radius 3 is 2.40 bits per heavy atom. The van der Waals surface area contributed by atoms with Gasteiger partial charge in [-0.05, 0) is 18.2 Å². The third kappa shape index (κ3) is 5.06. The Hall–Kier alpha value is -1.19. The monoisotopic (exact) mass is 343 g/mol. The molecule has 0 aliphatic heterocycles. The van der Waals surface area contributed by atoms with Crippen molar-refractivity contribution in [1.29, 1.82) is 0 Å². The molecule has 0 saturated carbocycles. The minimum absolute atomic E-state index is 0.213. The summed E-state index contributed by atoms with van der Waals surface area (Å²) in [7, 11) is -2.27. The number of nitrogens with one attached hydrogen (secondary N) is 1. The third-order valence-electron chi connectivity index (χ3n) is 2.22. The van der Waals surface area contributed by atoms with E-state index in [1.807, 2.05) is 0 Å². The van der Waals surface area contributed by atoms with Crippen molar-refractivity contribution in [2.24, 2.45) is 0 Å². The second-order valence-corrected chi connectivity index (χ2v) is 8.79. The molecule has 1 aromatic rings. The Labute approximate surface area is 120 Å². The quantitative estimate of drug-likeness (QED) is 0.786. The molecule has 0 aliphatic carbocycles. The van der Waals surface area contributed by atoms with Gasteiger partial charge in [-0.3, -0.25) is 4.79 Å². The van der Waals surface area contributed by atoms with Crippen LogP contribution in [0, 0.1) is 5.82 Å². The van der Waals surface area contributed by atoms with Gasteiger partial charge in [0, 0.05) is 23.5 Å². The zero-order chi connectivity index (χ0) is 15.6. The summed E-state index contributed by atoms with van der Waals surface area (Å²) in [6.45, 7) is -0.213. The predicted molar refractivity (Wildman–Crippen MR) is 71.5 cm³/mol. The lowest BCUT2D eigenvalue weighted by Crippen LogP contribution is -2.29. The third-order valence-corrected chi connectivity index (χ3v) is 4.52. The summed E-state index contributed by atoms with van der Waals surface area (Å²) in [6.07, 6.45) is 0.987. The molecule has 1 aromatic carbocycles. The minimum atomic E-state index is -4.09. The molecule has 0 fully saturated rings. The maximum atomic E-state index is 13.5. The molecule has 1 amide bonds. The van der Waals surface area contributed by atoms with Crippen LogP contribution in [0.2, 0.25) is 0 Å². The fraction of sp³-hybridized carbons (Fsp3) is 0.300. The van der Waals surface area contributed by atoms with Crippen molar-refractivity contribution in [3.05, 3.63) is 29.6 Å². The van der Waals surface area contributed by atoms with Crippen LogP contribution < -0.4 is 5.32 Å². The summed E-state index contributed by atoms with van der Waals surface area (Å²) in [5.41, 5.74) is -0.528. The van der Waals surface area contributed by atoms with Gasteiger partial charge in [-0.25, -0.2) is 21.2 Å². The maximum absolute atomic E-state index is 13.5. The molecule has 0 aliphatic rings. The van der Waals surface area contributed by atoms with Crippen molar-refractivity contribution in [3.8, 4) is 0 Å². The van der Waals surface area contributed by atoms with Gasteiger partial charge in [-0.15, -0.1) is 0 Å². The van der Waals surface area contributed by atoms with Crippen LogP contribution in [0.25, 0.3) is 0 Å². The van der Waals surface area contributed by atoms with Gasteiger partial charge in [0.2, 0.25) is 0 Å². The van der Waals surface area contributed by atoms with Crippen LogP contribution in [0.4, 0.5) is 4.39 Å². The van der Waals surface area contributed by atoms with Crippen molar-refractivity contribution in [3.63, 3.8) is 0 Å². The Bertz CT molecular complexity index is 730. The van der Waals surface area contributed by atoms with Crippen molar-refractivity contribution < 1.29 is 26.0 Å². The first-order chi connectivity index (χ1) is 9.00. The molecular formula is C10H11ClFNO5S2. The van der Waals surface area contributed by atoms with Crippen molar-refractivity contribution in [2.45, 2.75) is 4.90 Å². The lowest BCUT2D eigenvalue weighted by molar-refractivity contribution is 0.0952. The van der Waals surface area contributed by atoms with E-state index in [1.165, 1.54) is 0 Å². The highest BCUT2D eigenvalue weighted by Crippen LogP contribution is 2.18. The van der Waals surface area contributed by atoms with E-state index in [0.29, 0.717) is 0 Å². The second-order valence-electron chi connectivity index (χ2n) is 3.97. The number of carbonyl (C=O) groups excluding carboxylic acids is 1. The first-order valence-electron chi connectivity index (χ1n) is 5.21. The summed E-state index contributed by atoms with van der Waals surface area (Å²) in [6, 6.07) is 2.50. The molecule has 0 heterocycles. The van der Waals surface area contributed by atoms with Crippen LogP contribution in [0.15, 0.2) is 23.1 Å². The van der Waals surface area contributed by atoms with Crippen LogP contribution in [0.3, 0.4) is 0 Å². The molecule has 112 valence electrons. The molecule has 6 nitrogen and oxygen atoms in total. The van der Waals surface area contributed by atoms with E-state index in [1.54, 1.807) is 0 Å². The zero-order valence-corrected chi connectivity index (χ0v) is 12.6.